The minimum absolute atomic E-state index is 0.0197. The van der Waals surface area contributed by atoms with Gasteiger partial charge in [-0.3, -0.25) is 9.59 Å². The van der Waals surface area contributed by atoms with Gasteiger partial charge in [-0.25, -0.2) is 4.39 Å². The van der Waals surface area contributed by atoms with Crippen molar-refractivity contribution in [1.82, 2.24) is 20.0 Å². The molecule has 1 saturated heterocycles. The summed E-state index contributed by atoms with van der Waals surface area (Å²) in [6, 6.07) is 17.7. The molecule has 0 N–H and O–H groups in total. The zero-order valence-electron chi connectivity index (χ0n) is 21.0. The number of benzene rings is 2. The Balaban J connectivity index is 1.38. The molecule has 8 heteroatoms. The molecule has 4 rings (SSSR count). The summed E-state index contributed by atoms with van der Waals surface area (Å²) in [5.41, 5.74) is 3.01. The molecule has 0 saturated carbocycles. The van der Waals surface area contributed by atoms with Crippen molar-refractivity contribution in [3.8, 4) is 11.3 Å². The molecule has 36 heavy (non-hydrogen) atoms. The van der Waals surface area contributed by atoms with Crippen LogP contribution in [0.3, 0.4) is 0 Å². The van der Waals surface area contributed by atoms with Crippen molar-refractivity contribution in [1.29, 1.82) is 0 Å². The van der Waals surface area contributed by atoms with Gasteiger partial charge in [-0.05, 0) is 51.5 Å². The number of carbonyl (C=O) groups excluding carboxylic acids is 2. The summed E-state index contributed by atoms with van der Waals surface area (Å²) in [5, 5.41) is 8.84. The van der Waals surface area contributed by atoms with Gasteiger partial charge < -0.3 is 14.7 Å². The Morgan fingerprint density at radius 3 is 2.36 bits per heavy atom. The maximum Gasteiger partial charge on any atom is 0.257 e. The van der Waals surface area contributed by atoms with E-state index in [2.05, 4.69) is 27.2 Å². The molecule has 2 amide bonds. The highest BCUT2D eigenvalue weighted by atomic mass is 19.1. The normalized spacial score (nSPS) is 14.0. The first-order valence-electron chi connectivity index (χ1n) is 12.3. The number of carbonyl (C=O) groups is 2. The van der Waals surface area contributed by atoms with Gasteiger partial charge in [0.15, 0.2) is 5.82 Å². The van der Waals surface area contributed by atoms with E-state index in [0.29, 0.717) is 19.6 Å². The highest BCUT2D eigenvalue weighted by Crippen LogP contribution is 2.20. The van der Waals surface area contributed by atoms with E-state index in [1.165, 1.54) is 22.6 Å². The lowest BCUT2D eigenvalue weighted by Crippen LogP contribution is -2.47. The van der Waals surface area contributed by atoms with E-state index in [-0.39, 0.29) is 24.1 Å². The first-order valence-corrected chi connectivity index (χ1v) is 12.3. The summed E-state index contributed by atoms with van der Waals surface area (Å²) in [6.07, 6.45) is 0.774. The molecule has 2 aromatic carbocycles. The van der Waals surface area contributed by atoms with Crippen molar-refractivity contribution >= 4 is 17.6 Å². The number of nitrogens with zero attached hydrogens (tertiary/aromatic N) is 5. The molecule has 2 heterocycles. The Morgan fingerprint density at radius 1 is 0.944 bits per heavy atom. The monoisotopic (exact) mass is 489 g/mol. The second-order valence-corrected chi connectivity index (χ2v) is 9.37. The Hall–Kier alpha value is -3.81. The van der Waals surface area contributed by atoms with Crippen molar-refractivity contribution in [3.63, 3.8) is 0 Å². The van der Waals surface area contributed by atoms with Crippen LogP contribution in [0.4, 0.5) is 10.2 Å². The Labute approximate surface area is 211 Å². The summed E-state index contributed by atoms with van der Waals surface area (Å²) in [4.78, 5) is 31.4. The number of halogens is 1. The second kappa shape index (κ2) is 11.3. The van der Waals surface area contributed by atoms with Gasteiger partial charge in [-0.1, -0.05) is 42.0 Å². The smallest absolute Gasteiger partial charge is 0.257 e. The van der Waals surface area contributed by atoms with E-state index < -0.39 is 11.7 Å². The van der Waals surface area contributed by atoms with Crippen molar-refractivity contribution in [3.05, 3.63) is 77.6 Å². The summed E-state index contributed by atoms with van der Waals surface area (Å²) in [6.45, 7) is 8.09. The fourth-order valence-electron chi connectivity index (χ4n) is 4.29. The lowest BCUT2D eigenvalue weighted by Gasteiger charge is -2.29. The Kier molecular flexibility index (Phi) is 7.93. The third-order valence-electron chi connectivity index (χ3n) is 6.46. The molecule has 1 aliphatic heterocycles. The number of aryl methyl sites for hydroxylation is 1. The predicted molar refractivity (Wildman–Crippen MR) is 138 cm³/mol. The van der Waals surface area contributed by atoms with Gasteiger partial charge in [0, 0.05) is 37.8 Å². The maximum absolute atomic E-state index is 14.2. The average molecular weight is 490 g/mol. The van der Waals surface area contributed by atoms with E-state index in [0.717, 1.165) is 30.0 Å². The van der Waals surface area contributed by atoms with Gasteiger partial charge in [0.25, 0.3) is 5.91 Å². The largest absolute Gasteiger partial charge is 0.353 e. The first kappa shape index (κ1) is 25.3. The highest BCUT2D eigenvalue weighted by Gasteiger charge is 2.27. The van der Waals surface area contributed by atoms with E-state index in [1.807, 2.05) is 45.0 Å². The van der Waals surface area contributed by atoms with E-state index >= 15 is 0 Å². The van der Waals surface area contributed by atoms with Gasteiger partial charge in [-0.2, -0.15) is 0 Å². The van der Waals surface area contributed by atoms with Crippen LogP contribution in [-0.2, 0) is 4.79 Å². The minimum atomic E-state index is -0.583. The van der Waals surface area contributed by atoms with Gasteiger partial charge in [0.2, 0.25) is 5.91 Å². The molecule has 188 valence electrons. The molecule has 7 nitrogen and oxygen atoms in total. The van der Waals surface area contributed by atoms with Crippen LogP contribution in [0, 0.1) is 12.7 Å². The average Bonchev–Trinajstić information content (AvgIpc) is 3.14. The van der Waals surface area contributed by atoms with Crippen LogP contribution in [0.5, 0.6) is 0 Å². The predicted octanol–water partition coefficient (Wildman–Crippen LogP) is 4.18. The summed E-state index contributed by atoms with van der Waals surface area (Å²) in [5.74, 6) is -0.424. The quantitative estimate of drug-likeness (QED) is 0.520. The molecule has 0 bridgehead atoms. The third kappa shape index (κ3) is 5.87. The van der Waals surface area contributed by atoms with Crippen LogP contribution in [0.15, 0.2) is 60.7 Å². The molecule has 0 radical (unpaired) electrons. The standard InChI is InChI=1S/C28H32FN5O2/c1-20(2)34(28(36)23-7-4-5-8-24(23)29)19-27(35)33-16-6-15-32(17-18-33)26-14-13-25(30-31-26)22-11-9-21(3)10-12-22/h4-5,7-14,20H,6,15-19H2,1-3H3. The van der Waals surface area contributed by atoms with Gasteiger partial charge >= 0.3 is 0 Å². The lowest BCUT2D eigenvalue weighted by molar-refractivity contribution is -0.132. The van der Waals surface area contributed by atoms with Crippen LogP contribution in [-0.4, -0.2) is 70.6 Å². The SMILES string of the molecule is Cc1ccc(-c2ccc(N3CCCN(C(=O)CN(C(=O)c4ccccc4F)C(C)C)CC3)nn2)cc1. The summed E-state index contributed by atoms with van der Waals surface area (Å²) >= 11 is 0. The fraction of sp³-hybridized carbons (Fsp3) is 0.357. The van der Waals surface area contributed by atoms with Crippen LogP contribution < -0.4 is 4.90 Å². The fourth-order valence-corrected chi connectivity index (χ4v) is 4.29. The van der Waals surface area contributed by atoms with Crippen molar-refractivity contribution in [2.75, 3.05) is 37.6 Å². The molecule has 0 spiro atoms. The molecule has 0 atom stereocenters. The van der Waals surface area contributed by atoms with Crippen LogP contribution in [0.25, 0.3) is 11.3 Å². The van der Waals surface area contributed by atoms with E-state index in [9.17, 15) is 14.0 Å². The number of hydrogen-bond donors (Lipinski definition) is 0. The van der Waals surface area contributed by atoms with E-state index in [1.54, 1.807) is 17.0 Å². The molecular formula is C28H32FN5O2. The summed E-state index contributed by atoms with van der Waals surface area (Å²) < 4.78 is 14.2. The number of rotatable bonds is 6. The van der Waals surface area contributed by atoms with E-state index in [4.69, 9.17) is 0 Å². The second-order valence-electron chi connectivity index (χ2n) is 9.37. The van der Waals surface area contributed by atoms with Gasteiger partial charge in [-0.15, -0.1) is 10.2 Å². The molecule has 0 unspecified atom stereocenters. The zero-order chi connectivity index (χ0) is 25.7. The van der Waals surface area contributed by atoms with Gasteiger partial charge in [0.05, 0.1) is 11.3 Å². The molecular weight excluding hydrogens is 457 g/mol. The molecule has 0 aliphatic carbocycles. The molecule has 1 aromatic heterocycles. The lowest BCUT2D eigenvalue weighted by atomic mass is 10.1. The van der Waals surface area contributed by atoms with Crippen molar-refractivity contribution < 1.29 is 14.0 Å². The molecule has 1 fully saturated rings. The van der Waals surface area contributed by atoms with Crippen LogP contribution in [0.1, 0.15) is 36.2 Å². The number of amides is 2. The van der Waals surface area contributed by atoms with Crippen molar-refractivity contribution in [2.45, 2.75) is 33.2 Å². The third-order valence-corrected chi connectivity index (χ3v) is 6.46. The summed E-state index contributed by atoms with van der Waals surface area (Å²) in [7, 11) is 0. The molecule has 3 aromatic rings. The maximum atomic E-state index is 14.2. The highest BCUT2D eigenvalue weighted by molar-refractivity contribution is 5.97. The Morgan fingerprint density at radius 2 is 1.69 bits per heavy atom. The van der Waals surface area contributed by atoms with Crippen LogP contribution >= 0.6 is 0 Å². The number of anilines is 1. The minimum Gasteiger partial charge on any atom is -0.353 e. The zero-order valence-corrected chi connectivity index (χ0v) is 21.0. The van der Waals surface area contributed by atoms with Gasteiger partial charge in [0.1, 0.15) is 12.4 Å². The number of hydrogen-bond acceptors (Lipinski definition) is 5. The number of aromatic nitrogens is 2. The topological polar surface area (TPSA) is 69.6 Å². The van der Waals surface area contributed by atoms with Crippen molar-refractivity contribution in [2.24, 2.45) is 0 Å². The Bertz CT molecular complexity index is 1200. The van der Waals surface area contributed by atoms with Crippen LogP contribution in [0.2, 0.25) is 0 Å². The molecule has 1 aliphatic rings. The first-order chi connectivity index (χ1) is 17.3.